The molecule has 0 aromatic heterocycles. The molecule has 1 aliphatic rings. The third-order valence-electron chi connectivity index (χ3n) is 3.61. The van der Waals surface area contributed by atoms with Crippen LogP contribution in [-0.2, 0) is 9.59 Å². The Morgan fingerprint density at radius 2 is 1.71 bits per heavy atom. The van der Waals surface area contributed by atoms with Crippen LogP contribution in [0.3, 0.4) is 0 Å². The zero-order valence-corrected chi connectivity index (χ0v) is 15.1. The van der Waals surface area contributed by atoms with Crippen LogP contribution >= 0.6 is 35.0 Å². The van der Waals surface area contributed by atoms with Gasteiger partial charge in [0.25, 0.3) is 11.8 Å². The highest BCUT2D eigenvalue weighted by Crippen LogP contribution is 2.41. The van der Waals surface area contributed by atoms with Gasteiger partial charge in [0.05, 0.1) is 15.5 Å². The molecule has 3 rings (SSSR count). The van der Waals surface area contributed by atoms with Crippen LogP contribution in [0.2, 0.25) is 10.0 Å². The predicted octanol–water partition coefficient (Wildman–Crippen LogP) is 4.89. The van der Waals surface area contributed by atoms with Crippen LogP contribution in [0.15, 0.2) is 58.3 Å². The van der Waals surface area contributed by atoms with Crippen molar-refractivity contribution < 1.29 is 9.59 Å². The van der Waals surface area contributed by atoms with Crippen LogP contribution in [0.1, 0.15) is 12.5 Å². The van der Waals surface area contributed by atoms with Crippen LogP contribution in [0, 0.1) is 0 Å². The van der Waals surface area contributed by atoms with E-state index >= 15 is 0 Å². The Balaban J connectivity index is 2.14. The highest BCUT2D eigenvalue weighted by atomic mass is 35.5. The van der Waals surface area contributed by atoms with Crippen molar-refractivity contribution in [1.82, 2.24) is 4.90 Å². The van der Waals surface area contributed by atoms with Gasteiger partial charge in [-0.25, -0.2) is 0 Å². The fourth-order valence-electron chi connectivity index (χ4n) is 2.47. The first-order valence-corrected chi connectivity index (χ1v) is 8.89. The minimum absolute atomic E-state index is 0.294. The van der Waals surface area contributed by atoms with Gasteiger partial charge >= 0.3 is 0 Å². The highest BCUT2D eigenvalue weighted by molar-refractivity contribution is 8.04. The number of likely N-dealkylation sites (N-methyl/N-ethyl adjacent to an activating group) is 1. The Kier molecular flexibility index (Phi) is 4.99. The van der Waals surface area contributed by atoms with Gasteiger partial charge in [-0.05, 0) is 31.2 Å². The number of halogens is 2. The molecule has 6 heteroatoms. The first-order valence-electron chi connectivity index (χ1n) is 7.31. The lowest BCUT2D eigenvalue weighted by Crippen LogP contribution is -2.31. The fraction of sp³-hybridized carbons (Fsp3) is 0.111. The lowest BCUT2D eigenvalue weighted by atomic mass is 10.1. The van der Waals surface area contributed by atoms with Crippen LogP contribution in [0.25, 0.3) is 5.57 Å². The van der Waals surface area contributed by atoms with E-state index in [0.29, 0.717) is 32.6 Å². The molecule has 0 aliphatic carbocycles. The Bertz CT molecular complexity index is 849. The van der Waals surface area contributed by atoms with E-state index in [2.05, 4.69) is 0 Å². The van der Waals surface area contributed by atoms with E-state index in [9.17, 15) is 9.59 Å². The number of imide groups is 1. The van der Waals surface area contributed by atoms with Gasteiger partial charge in [0.1, 0.15) is 0 Å². The number of carbonyl (C=O) groups excluding carboxylic acids is 2. The van der Waals surface area contributed by atoms with Gasteiger partial charge in [0, 0.05) is 22.0 Å². The number of carbonyl (C=O) groups is 2. The standard InChI is InChI=1S/C18H13Cl2NO2S/c1-2-21-17(22)15(13-9-8-11(19)10-14(13)20)16(18(21)23)24-12-6-4-3-5-7-12/h3-10H,2H2,1H3. The molecule has 1 heterocycles. The largest absolute Gasteiger partial charge is 0.274 e. The van der Waals surface area contributed by atoms with E-state index in [1.54, 1.807) is 25.1 Å². The fourth-order valence-corrected chi connectivity index (χ4v) is 4.00. The summed E-state index contributed by atoms with van der Waals surface area (Å²) in [6.07, 6.45) is 0. The molecular formula is C18H13Cl2NO2S. The van der Waals surface area contributed by atoms with Gasteiger partial charge in [-0.1, -0.05) is 59.2 Å². The van der Waals surface area contributed by atoms with Crippen molar-refractivity contribution in [3.63, 3.8) is 0 Å². The summed E-state index contributed by atoms with van der Waals surface area (Å²) in [5.41, 5.74) is 0.853. The van der Waals surface area contributed by atoms with Crippen LogP contribution in [0.4, 0.5) is 0 Å². The second-order valence-corrected chi connectivity index (χ2v) is 7.03. The lowest BCUT2D eigenvalue weighted by Gasteiger charge is -2.11. The molecule has 3 nitrogen and oxygen atoms in total. The summed E-state index contributed by atoms with van der Waals surface area (Å²) in [6.45, 7) is 2.08. The van der Waals surface area contributed by atoms with Crippen molar-refractivity contribution >= 4 is 52.4 Å². The molecule has 2 amide bonds. The quantitative estimate of drug-likeness (QED) is 0.712. The van der Waals surface area contributed by atoms with Crippen molar-refractivity contribution in [1.29, 1.82) is 0 Å². The zero-order chi connectivity index (χ0) is 17.3. The molecule has 0 radical (unpaired) electrons. The minimum atomic E-state index is -0.329. The summed E-state index contributed by atoms with van der Waals surface area (Å²) < 4.78 is 0. The molecule has 0 fully saturated rings. The van der Waals surface area contributed by atoms with E-state index in [-0.39, 0.29) is 11.8 Å². The Labute approximate surface area is 154 Å². The molecular weight excluding hydrogens is 365 g/mol. The van der Waals surface area contributed by atoms with E-state index < -0.39 is 0 Å². The van der Waals surface area contributed by atoms with E-state index in [4.69, 9.17) is 23.2 Å². The van der Waals surface area contributed by atoms with Gasteiger partial charge in [0.15, 0.2) is 0 Å². The van der Waals surface area contributed by atoms with Gasteiger partial charge in [-0.15, -0.1) is 0 Å². The maximum Gasteiger partial charge on any atom is 0.268 e. The van der Waals surface area contributed by atoms with Crippen LogP contribution in [-0.4, -0.2) is 23.3 Å². The molecule has 0 bridgehead atoms. The SMILES string of the molecule is CCN1C(=O)C(Sc2ccccc2)=C(c2ccc(Cl)cc2Cl)C1=O. The molecule has 0 unspecified atom stereocenters. The normalized spacial score (nSPS) is 14.7. The molecule has 2 aromatic carbocycles. The number of thioether (sulfide) groups is 1. The molecule has 0 N–H and O–H groups in total. The molecule has 0 spiro atoms. The van der Waals surface area contributed by atoms with Gasteiger partial charge in [-0.2, -0.15) is 0 Å². The molecule has 2 aromatic rings. The Morgan fingerprint density at radius 1 is 1.00 bits per heavy atom. The van der Waals surface area contributed by atoms with Crippen molar-refractivity contribution in [2.45, 2.75) is 11.8 Å². The molecule has 1 aliphatic heterocycles. The van der Waals surface area contributed by atoms with E-state index in [1.165, 1.54) is 16.7 Å². The number of hydrogen-bond acceptors (Lipinski definition) is 3. The first-order chi connectivity index (χ1) is 11.5. The summed E-state index contributed by atoms with van der Waals surface area (Å²) in [4.78, 5) is 27.9. The molecule has 122 valence electrons. The molecule has 24 heavy (non-hydrogen) atoms. The van der Waals surface area contributed by atoms with Gasteiger partial charge < -0.3 is 0 Å². The summed E-state index contributed by atoms with van der Waals surface area (Å²) in [5.74, 6) is -0.623. The topological polar surface area (TPSA) is 37.4 Å². The van der Waals surface area contributed by atoms with Crippen molar-refractivity contribution in [2.75, 3.05) is 6.54 Å². The molecule has 0 saturated carbocycles. The average molecular weight is 378 g/mol. The van der Waals surface area contributed by atoms with E-state index in [0.717, 1.165) is 4.90 Å². The van der Waals surface area contributed by atoms with E-state index in [1.807, 2.05) is 30.3 Å². The number of hydrogen-bond donors (Lipinski definition) is 0. The minimum Gasteiger partial charge on any atom is -0.274 e. The summed E-state index contributed by atoms with van der Waals surface area (Å²) in [5, 5.41) is 0.827. The maximum absolute atomic E-state index is 12.7. The lowest BCUT2D eigenvalue weighted by molar-refractivity contribution is -0.136. The third kappa shape index (κ3) is 3.09. The summed E-state index contributed by atoms with van der Waals surface area (Å²) in [7, 11) is 0. The Morgan fingerprint density at radius 3 is 2.33 bits per heavy atom. The monoisotopic (exact) mass is 377 g/mol. The zero-order valence-electron chi connectivity index (χ0n) is 12.8. The highest BCUT2D eigenvalue weighted by Gasteiger charge is 2.39. The first kappa shape index (κ1) is 17.1. The average Bonchev–Trinajstić information content (AvgIpc) is 2.79. The van der Waals surface area contributed by atoms with Crippen molar-refractivity contribution in [3.05, 3.63) is 69.0 Å². The number of rotatable bonds is 4. The number of nitrogens with zero attached hydrogens (tertiary/aromatic N) is 1. The van der Waals surface area contributed by atoms with Gasteiger partial charge in [-0.3, -0.25) is 14.5 Å². The van der Waals surface area contributed by atoms with Crippen LogP contribution in [0.5, 0.6) is 0 Å². The predicted molar refractivity (Wildman–Crippen MR) is 98.1 cm³/mol. The third-order valence-corrected chi connectivity index (χ3v) is 5.24. The smallest absolute Gasteiger partial charge is 0.268 e. The molecule has 0 saturated heterocycles. The molecule has 0 atom stereocenters. The summed E-state index contributed by atoms with van der Waals surface area (Å²) in [6, 6.07) is 14.4. The Hall–Kier alpha value is -1.75. The van der Waals surface area contributed by atoms with Crippen LogP contribution < -0.4 is 0 Å². The number of amides is 2. The van der Waals surface area contributed by atoms with Crippen molar-refractivity contribution in [3.8, 4) is 0 Å². The second kappa shape index (κ2) is 7.01. The van der Waals surface area contributed by atoms with Crippen molar-refractivity contribution in [2.24, 2.45) is 0 Å². The number of benzene rings is 2. The summed E-state index contributed by atoms with van der Waals surface area (Å²) >= 11 is 13.5. The maximum atomic E-state index is 12.7. The second-order valence-electron chi connectivity index (χ2n) is 5.10. The van der Waals surface area contributed by atoms with Gasteiger partial charge in [0.2, 0.25) is 0 Å².